The van der Waals surface area contributed by atoms with Gasteiger partial charge in [0.05, 0.1) is 4.90 Å². The molecule has 0 bridgehead atoms. The lowest BCUT2D eigenvalue weighted by Gasteiger charge is -2.29. The van der Waals surface area contributed by atoms with Crippen LogP contribution in [0, 0.1) is 20.8 Å². The number of amides is 1. The van der Waals surface area contributed by atoms with Crippen molar-refractivity contribution in [3.8, 4) is 0 Å². The monoisotopic (exact) mass is 415 g/mol. The molecule has 0 aliphatic carbocycles. The standard InChI is InChI=1S/C19H29N3O3S.ClH/c1-13-11-14(2)18(15(3)12-13)26(24,25)22-10-4-5-17(22)19(23)21-16-6-8-20-9-7-16;/h11-12,16-17,20H,4-10H2,1-3H3,(H,21,23);1H. The molecule has 2 saturated heterocycles. The number of aryl methyl sites for hydroxylation is 3. The summed E-state index contributed by atoms with van der Waals surface area (Å²) in [7, 11) is -3.69. The van der Waals surface area contributed by atoms with Gasteiger partial charge in [0, 0.05) is 12.6 Å². The first-order valence-corrected chi connectivity index (χ1v) is 10.9. The van der Waals surface area contributed by atoms with Crippen LogP contribution >= 0.6 is 12.4 Å². The van der Waals surface area contributed by atoms with E-state index in [-0.39, 0.29) is 24.4 Å². The van der Waals surface area contributed by atoms with Crippen LogP contribution in [0.3, 0.4) is 0 Å². The van der Waals surface area contributed by atoms with Crippen LogP contribution in [0.1, 0.15) is 42.4 Å². The van der Waals surface area contributed by atoms with E-state index in [1.165, 1.54) is 4.31 Å². The lowest BCUT2D eigenvalue weighted by atomic mass is 10.1. The zero-order chi connectivity index (χ0) is 18.9. The zero-order valence-corrected chi connectivity index (χ0v) is 17.9. The number of nitrogens with one attached hydrogen (secondary N) is 2. The van der Waals surface area contributed by atoms with Crippen molar-refractivity contribution >= 4 is 28.3 Å². The van der Waals surface area contributed by atoms with Crippen molar-refractivity contribution in [1.29, 1.82) is 0 Å². The van der Waals surface area contributed by atoms with Gasteiger partial charge >= 0.3 is 0 Å². The van der Waals surface area contributed by atoms with Gasteiger partial charge in [-0.25, -0.2) is 8.42 Å². The molecule has 27 heavy (non-hydrogen) atoms. The number of sulfonamides is 1. The number of carbonyl (C=O) groups is 1. The molecule has 2 fully saturated rings. The van der Waals surface area contributed by atoms with Gasteiger partial charge < -0.3 is 10.6 Å². The number of hydrogen-bond donors (Lipinski definition) is 2. The highest BCUT2D eigenvalue weighted by Crippen LogP contribution is 2.30. The molecular weight excluding hydrogens is 386 g/mol. The Morgan fingerprint density at radius 1 is 1.11 bits per heavy atom. The first-order valence-electron chi connectivity index (χ1n) is 9.41. The van der Waals surface area contributed by atoms with Crippen LogP contribution in [-0.4, -0.2) is 50.3 Å². The highest BCUT2D eigenvalue weighted by molar-refractivity contribution is 7.89. The van der Waals surface area contributed by atoms with E-state index in [4.69, 9.17) is 0 Å². The summed E-state index contributed by atoms with van der Waals surface area (Å²) >= 11 is 0. The predicted octanol–water partition coefficient (Wildman–Crippen LogP) is 2.05. The molecule has 1 unspecified atom stereocenters. The van der Waals surface area contributed by atoms with Crippen LogP contribution in [0.2, 0.25) is 0 Å². The number of nitrogens with zero attached hydrogens (tertiary/aromatic N) is 1. The fraction of sp³-hybridized carbons (Fsp3) is 0.632. The Bertz CT molecular complexity index is 768. The molecule has 8 heteroatoms. The summed E-state index contributed by atoms with van der Waals surface area (Å²) in [6.45, 7) is 7.79. The SMILES string of the molecule is Cc1cc(C)c(S(=O)(=O)N2CCCC2C(=O)NC2CCNCC2)c(C)c1.Cl. The van der Waals surface area contributed by atoms with Crippen molar-refractivity contribution in [1.82, 2.24) is 14.9 Å². The summed E-state index contributed by atoms with van der Waals surface area (Å²) in [5.74, 6) is -0.152. The molecule has 1 aromatic carbocycles. The third-order valence-electron chi connectivity index (χ3n) is 5.36. The molecule has 2 aliphatic rings. The number of halogens is 1. The summed E-state index contributed by atoms with van der Waals surface area (Å²) in [6.07, 6.45) is 3.08. The van der Waals surface area contributed by atoms with Crippen LogP contribution < -0.4 is 10.6 Å². The Labute approximate surface area is 168 Å². The number of carbonyl (C=O) groups excluding carboxylic acids is 1. The summed E-state index contributed by atoms with van der Waals surface area (Å²) in [6, 6.07) is 3.31. The minimum Gasteiger partial charge on any atom is -0.352 e. The third kappa shape index (κ3) is 4.65. The van der Waals surface area contributed by atoms with Gasteiger partial charge in [-0.1, -0.05) is 17.7 Å². The lowest BCUT2D eigenvalue weighted by molar-refractivity contribution is -0.125. The van der Waals surface area contributed by atoms with E-state index >= 15 is 0 Å². The van der Waals surface area contributed by atoms with Gasteiger partial charge in [-0.2, -0.15) is 4.31 Å². The molecule has 0 aromatic heterocycles. The second kappa shape index (κ2) is 8.90. The summed E-state index contributed by atoms with van der Waals surface area (Å²) < 4.78 is 28.1. The lowest BCUT2D eigenvalue weighted by Crippen LogP contribution is -2.51. The molecule has 2 heterocycles. The Balaban J connectivity index is 0.00000261. The van der Waals surface area contributed by atoms with E-state index in [0.717, 1.165) is 42.6 Å². The van der Waals surface area contributed by atoms with Gasteiger partial charge in [-0.05, 0) is 70.7 Å². The molecule has 152 valence electrons. The molecule has 0 radical (unpaired) electrons. The van der Waals surface area contributed by atoms with E-state index in [2.05, 4.69) is 10.6 Å². The molecule has 3 rings (SSSR count). The van der Waals surface area contributed by atoms with Crippen molar-refractivity contribution in [2.24, 2.45) is 0 Å². The smallest absolute Gasteiger partial charge is 0.244 e. The first-order chi connectivity index (χ1) is 12.3. The Kier molecular flexibility index (Phi) is 7.30. The Morgan fingerprint density at radius 3 is 2.30 bits per heavy atom. The van der Waals surface area contributed by atoms with Crippen LogP contribution in [0.5, 0.6) is 0 Å². The topological polar surface area (TPSA) is 78.5 Å². The van der Waals surface area contributed by atoms with Gasteiger partial charge in [0.1, 0.15) is 6.04 Å². The van der Waals surface area contributed by atoms with Gasteiger partial charge in [-0.3, -0.25) is 4.79 Å². The Morgan fingerprint density at radius 2 is 1.70 bits per heavy atom. The van der Waals surface area contributed by atoms with Crippen molar-refractivity contribution in [2.45, 2.75) is 63.4 Å². The molecule has 1 aromatic rings. The molecule has 0 saturated carbocycles. The van der Waals surface area contributed by atoms with E-state index in [9.17, 15) is 13.2 Å². The fourth-order valence-corrected chi connectivity index (χ4v) is 6.32. The molecule has 1 amide bonds. The number of rotatable bonds is 4. The van der Waals surface area contributed by atoms with Crippen LogP contribution in [0.25, 0.3) is 0 Å². The number of piperidine rings is 1. The summed E-state index contributed by atoms with van der Waals surface area (Å²) in [4.78, 5) is 13.1. The molecule has 6 nitrogen and oxygen atoms in total. The minimum absolute atomic E-state index is 0. The highest BCUT2D eigenvalue weighted by atomic mass is 35.5. The molecular formula is C19H30ClN3O3S. The Hall–Kier alpha value is -1.15. The van der Waals surface area contributed by atoms with Crippen molar-refractivity contribution < 1.29 is 13.2 Å². The highest BCUT2D eigenvalue weighted by Gasteiger charge is 2.41. The average molecular weight is 416 g/mol. The largest absolute Gasteiger partial charge is 0.352 e. The van der Waals surface area contributed by atoms with Crippen LogP contribution in [0.15, 0.2) is 17.0 Å². The second-order valence-electron chi connectivity index (χ2n) is 7.53. The van der Waals surface area contributed by atoms with E-state index < -0.39 is 16.1 Å². The zero-order valence-electron chi connectivity index (χ0n) is 16.2. The van der Waals surface area contributed by atoms with Gasteiger partial charge in [-0.15, -0.1) is 12.4 Å². The maximum Gasteiger partial charge on any atom is 0.244 e. The predicted molar refractivity (Wildman–Crippen MR) is 109 cm³/mol. The van der Waals surface area contributed by atoms with E-state index in [0.29, 0.717) is 24.3 Å². The molecule has 1 atom stereocenters. The van der Waals surface area contributed by atoms with Crippen molar-refractivity contribution in [3.05, 3.63) is 28.8 Å². The van der Waals surface area contributed by atoms with Gasteiger partial charge in [0.15, 0.2) is 0 Å². The summed E-state index contributed by atoms with van der Waals surface area (Å²) in [5, 5.41) is 6.34. The maximum atomic E-state index is 13.3. The van der Waals surface area contributed by atoms with Crippen molar-refractivity contribution in [3.63, 3.8) is 0 Å². The van der Waals surface area contributed by atoms with E-state index in [1.54, 1.807) is 0 Å². The minimum atomic E-state index is -3.69. The van der Waals surface area contributed by atoms with Gasteiger partial charge in [0.2, 0.25) is 15.9 Å². The van der Waals surface area contributed by atoms with Crippen molar-refractivity contribution in [2.75, 3.05) is 19.6 Å². The fourth-order valence-electron chi connectivity index (χ4n) is 4.24. The third-order valence-corrected chi connectivity index (χ3v) is 7.58. The maximum absolute atomic E-state index is 13.3. The average Bonchev–Trinajstić information content (AvgIpc) is 3.05. The first kappa shape index (κ1) is 22.1. The van der Waals surface area contributed by atoms with Crippen LogP contribution in [0.4, 0.5) is 0 Å². The molecule has 0 spiro atoms. The number of hydrogen-bond acceptors (Lipinski definition) is 4. The molecule has 2 N–H and O–H groups in total. The quantitative estimate of drug-likeness (QED) is 0.788. The number of benzene rings is 1. The second-order valence-corrected chi connectivity index (χ2v) is 9.36. The van der Waals surface area contributed by atoms with Crippen LogP contribution in [-0.2, 0) is 14.8 Å². The normalized spacial score (nSPS) is 21.7. The molecule has 2 aliphatic heterocycles. The van der Waals surface area contributed by atoms with E-state index in [1.807, 2.05) is 32.9 Å². The van der Waals surface area contributed by atoms with Gasteiger partial charge in [0.25, 0.3) is 0 Å². The summed E-state index contributed by atoms with van der Waals surface area (Å²) in [5.41, 5.74) is 2.53.